The van der Waals surface area contributed by atoms with Crippen LogP contribution in [0, 0.1) is 23.7 Å². The molecule has 1 aliphatic carbocycles. The molecule has 0 bridgehead atoms. The summed E-state index contributed by atoms with van der Waals surface area (Å²) in [4.78, 5) is 30.9. The molecule has 34 heavy (non-hydrogen) atoms. The molecule has 0 radical (unpaired) electrons. The van der Waals surface area contributed by atoms with Gasteiger partial charge in [0.25, 0.3) is 0 Å². The first-order chi connectivity index (χ1) is 16.0. The van der Waals surface area contributed by atoms with E-state index in [1.165, 1.54) is 0 Å². The molecule has 0 aromatic heterocycles. The lowest BCUT2D eigenvalue weighted by Crippen LogP contribution is -2.53. The lowest BCUT2D eigenvalue weighted by Gasteiger charge is -2.40. The van der Waals surface area contributed by atoms with Gasteiger partial charge in [-0.2, -0.15) is 0 Å². The smallest absolute Gasteiger partial charge is 0.225 e. The van der Waals surface area contributed by atoms with Gasteiger partial charge < -0.3 is 24.6 Å². The predicted octanol–water partition coefficient (Wildman–Crippen LogP) is 3.56. The van der Waals surface area contributed by atoms with E-state index in [-0.39, 0.29) is 54.5 Å². The molecule has 1 N–H and O–H groups in total. The quantitative estimate of drug-likeness (QED) is 0.411. The number of amides is 2. The van der Waals surface area contributed by atoms with Gasteiger partial charge in [0, 0.05) is 39.8 Å². The van der Waals surface area contributed by atoms with Crippen molar-refractivity contribution in [3.63, 3.8) is 0 Å². The molecule has 1 aliphatic heterocycles. The Morgan fingerprint density at radius 3 is 2.15 bits per heavy atom. The van der Waals surface area contributed by atoms with Crippen LogP contribution in [0.4, 0.5) is 0 Å². The molecule has 198 valence electrons. The molecule has 2 amide bonds. The van der Waals surface area contributed by atoms with E-state index in [0.717, 1.165) is 19.3 Å². The van der Waals surface area contributed by atoms with Crippen LogP contribution in [0.15, 0.2) is 0 Å². The Morgan fingerprint density at radius 1 is 1.03 bits per heavy atom. The van der Waals surface area contributed by atoms with E-state index in [9.17, 15) is 9.59 Å². The standard InChI is InChI=1S/C27H51N3O4/c1-11-18(6)26(29(8)24(31)14-20(28-7)16(2)3)23(33-9)15-25(32)30-21-12-19(21)13-22(30)27(34-10)17(4)5/h16-23,26-28H,11-15H2,1-10H3. The maximum absolute atomic E-state index is 13.7. The molecule has 1 saturated heterocycles. The van der Waals surface area contributed by atoms with Gasteiger partial charge in [0.05, 0.1) is 30.7 Å². The number of piperidine rings is 1. The van der Waals surface area contributed by atoms with Crippen LogP contribution in [0.3, 0.4) is 0 Å². The highest BCUT2D eigenvalue weighted by Crippen LogP contribution is 2.50. The van der Waals surface area contributed by atoms with E-state index in [2.05, 4.69) is 51.8 Å². The van der Waals surface area contributed by atoms with Gasteiger partial charge in [-0.3, -0.25) is 9.59 Å². The van der Waals surface area contributed by atoms with Crippen LogP contribution in [0.25, 0.3) is 0 Å². The van der Waals surface area contributed by atoms with Gasteiger partial charge in [0.2, 0.25) is 11.8 Å². The Hall–Kier alpha value is -1.18. The van der Waals surface area contributed by atoms with E-state index in [1.54, 1.807) is 14.2 Å². The first kappa shape index (κ1) is 29.1. The van der Waals surface area contributed by atoms with E-state index in [4.69, 9.17) is 9.47 Å². The molecule has 0 spiro atoms. The SMILES string of the molecule is CCC(C)C(C(CC(=O)N1C2CC2CC1C(OC)C(C)C)OC)N(C)C(=O)CC(NC)C(C)C. The van der Waals surface area contributed by atoms with Gasteiger partial charge in [-0.25, -0.2) is 0 Å². The van der Waals surface area contributed by atoms with Gasteiger partial charge in [0.15, 0.2) is 0 Å². The molecule has 8 atom stereocenters. The Labute approximate surface area is 208 Å². The summed E-state index contributed by atoms with van der Waals surface area (Å²) in [5.74, 6) is 1.75. The Morgan fingerprint density at radius 2 is 1.68 bits per heavy atom. The van der Waals surface area contributed by atoms with Crippen LogP contribution < -0.4 is 5.32 Å². The first-order valence-electron chi connectivity index (χ1n) is 13.3. The van der Waals surface area contributed by atoms with Crippen LogP contribution >= 0.6 is 0 Å². The zero-order valence-electron chi connectivity index (χ0n) is 23.3. The zero-order valence-corrected chi connectivity index (χ0v) is 23.3. The van der Waals surface area contributed by atoms with E-state index < -0.39 is 0 Å². The monoisotopic (exact) mass is 481 g/mol. The second kappa shape index (κ2) is 12.7. The summed E-state index contributed by atoms with van der Waals surface area (Å²) in [5, 5.41) is 3.27. The normalized spacial score (nSPS) is 26.2. The average Bonchev–Trinajstić information content (AvgIpc) is 3.45. The van der Waals surface area contributed by atoms with E-state index in [0.29, 0.717) is 30.2 Å². The Balaban J connectivity index is 2.19. The number of methoxy groups -OCH3 is 2. The number of rotatable bonds is 14. The minimum Gasteiger partial charge on any atom is -0.379 e. The van der Waals surface area contributed by atoms with Crippen molar-refractivity contribution in [3.05, 3.63) is 0 Å². The van der Waals surface area contributed by atoms with Gasteiger partial charge in [-0.15, -0.1) is 0 Å². The fraction of sp³-hybridized carbons (Fsp3) is 0.926. The van der Waals surface area contributed by atoms with Crippen molar-refractivity contribution in [1.29, 1.82) is 0 Å². The van der Waals surface area contributed by atoms with E-state index in [1.807, 2.05) is 19.0 Å². The fourth-order valence-corrected chi connectivity index (χ4v) is 6.06. The number of nitrogens with zero attached hydrogens (tertiary/aromatic N) is 2. The predicted molar refractivity (Wildman–Crippen MR) is 137 cm³/mol. The van der Waals surface area contributed by atoms with E-state index >= 15 is 0 Å². The summed E-state index contributed by atoms with van der Waals surface area (Å²) >= 11 is 0. The number of carbonyl (C=O) groups is 2. The third-order valence-corrected chi connectivity index (χ3v) is 8.44. The molecule has 2 rings (SSSR count). The largest absolute Gasteiger partial charge is 0.379 e. The summed E-state index contributed by atoms with van der Waals surface area (Å²) in [6.07, 6.45) is 3.46. The number of likely N-dealkylation sites (tertiary alicyclic amines) is 1. The van der Waals surface area contributed by atoms with Crippen molar-refractivity contribution in [2.45, 2.75) is 110 Å². The van der Waals surface area contributed by atoms with Crippen LogP contribution in [-0.2, 0) is 19.1 Å². The molecule has 1 saturated carbocycles. The topological polar surface area (TPSA) is 71.1 Å². The molecule has 1 heterocycles. The first-order valence-corrected chi connectivity index (χ1v) is 13.3. The van der Waals surface area contributed by atoms with Crippen LogP contribution in [-0.4, -0.2) is 86.3 Å². The number of hydrogen-bond donors (Lipinski definition) is 1. The van der Waals surface area contributed by atoms with Gasteiger partial charge in [-0.1, -0.05) is 48.0 Å². The molecule has 2 fully saturated rings. The van der Waals surface area contributed by atoms with Crippen molar-refractivity contribution in [2.24, 2.45) is 23.7 Å². The number of fused-ring (bicyclic) bond motifs is 1. The molecule has 2 aliphatic rings. The fourth-order valence-electron chi connectivity index (χ4n) is 6.06. The van der Waals surface area contributed by atoms with Gasteiger partial charge in [-0.05, 0) is 43.6 Å². The lowest BCUT2D eigenvalue weighted by molar-refractivity contribution is -0.145. The van der Waals surface area contributed by atoms with Gasteiger partial charge in [0.1, 0.15) is 0 Å². The van der Waals surface area contributed by atoms with Crippen molar-refractivity contribution >= 4 is 11.8 Å². The highest BCUT2D eigenvalue weighted by Gasteiger charge is 2.56. The number of carbonyl (C=O) groups excluding carboxylic acids is 2. The lowest BCUT2D eigenvalue weighted by atomic mass is 9.89. The average molecular weight is 482 g/mol. The highest BCUT2D eigenvalue weighted by atomic mass is 16.5. The van der Waals surface area contributed by atoms with Crippen LogP contribution in [0.5, 0.6) is 0 Å². The Kier molecular flexibility index (Phi) is 10.8. The summed E-state index contributed by atoms with van der Waals surface area (Å²) in [5.41, 5.74) is 0. The summed E-state index contributed by atoms with van der Waals surface area (Å²) in [6, 6.07) is 0.433. The highest BCUT2D eigenvalue weighted by molar-refractivity contribution is 5.79. The number of nitrogens with one attached hydrogen (secondary N) is 1. The summed E-state index contributed by atoms with van der Waals surface area (Å²) in [6.45, 7) is 12.9. The maximum Gasteiger partial charge on any atom is 0.225 e. The minimum atomic E-state index is -0.345. The number of hydrogen-bond acceptors (Lipinski definition) is 5. The summed E-state index contributed by atoms with van der Waals surface area (Å²) < 4.78 is 11.8. The third-order valence-electron chi connectivity index (χ3n) is 8.44. The second-order valence-electron chi connectivity index (χ2n) is 11.3. The van der Waals surface area contributed by atoms with Crippen LogP contribution in [0.2, 0.25) is 0 Å². The number of ether oxygens (including phenoxy) is 2. The summed E-state index contributed by atoms with van der Waals surface area (Å²) in [7, 11) is 7.20. The molecular weight excluding hydrogens is 430 g/mol. The zero-order chi connectivity index (χ0) is 25.7. The van der Waals surface area contributed by atoms with Crippen molar-refractivity contribution in [2.75, 3.05) is 28.3 Å². The molecule has 8 unspecified atom stereocenters. The van der Waals surface area contributed by atoms with Crippen molar-refractivity contribution in [1.82, 2.24) is 15.1 Å². The number of likely N-dealkylation sites (N-methyl/N-ethyl adjacent to an activating group) is 1. The van der Waals surface area contributed by atoms with Gasteiger partial charge >= 0.3 is 0 Å². The molecule has 0 aromatic rings. The molecular formula is C27H51N3O4. The molecule has 7 nitrogen and oxygen atoms in total. The minimum absolute atomic E-state index is 0.0434. The third kappa shape index (κ3) is 6.52. The Bertz CT molecular complexity index is 670. The second-order valence-corrected chi connectivity index (χ2v) is 11.3. The maximum atomic E-state index is 13.7. The van der Waals surface area contributed by atoms with Crippen molar-refractivity contribution in [3.8, 4) is 0 Å². The molecule has 0 aromatic carbocycles. The molecule has 7 heteroatoms. The van der Waals surface area contributed by atoms with Crippen molar-refractivity contribution < 1.29 is 19.1 Å². The van der Waals surface area contributed by atoms with Crippen LogP contribution in [0.1, 0.15) is 73.6 Å².